The van der Waals surface area contributed by atoms with E-state index in [9.17, 15) is 0 Å². The van der Waals surface area contributed by atoms with Gasteiger partial charge in [0.05, 0.1) is 11.9 Å². The third-order valence-corrected chi connectivity index (χ3v) is 2.92. The molecular formula is C16H20N2O. The van der Waals surface area contributed by atoms with Crippen LogP contribution < -0.4 is 10.5 Å². The van der Waals surface area contributed by atoms with Crippen LogP contribution in [-0.2, 0) is 6.42 Å². The predicted octanol–water partition coefficient (Wildman–Crippen LogP) is 3.85. The van der Waals surface area contributed by atoms with Crippen LogP contribution in [-0.4, -0.2) is 4.98 Å². The number of nitrogens with two attached hydrogens (primary N) is 1. The molecule has 0 spiro atoms. The summed E-state index contributed by atoms with van der Waals surface area (Å²) >= 11 is 0. The average Bonchev–Trinajstić information content (AvgIpc) is 2.42. The second kappa shape index (κ2) is 6.34. The van der Waals surface area contributed by atoms with Crippen molar-refractivity contribution in [2.75, 3.05) is 0 Å². The van der Waals surface area contributed by atoms with Gasteiger partial charge in [-0.25, -0.2) is 0 Å². The number of benzene rings is 1. The Bertz CT molecular complexity index is 503. The van der Waals surface area contributed by atoms with E-state index in [1.54, 1.807) is 6.20 Å². The maximum atomic E-state index is 5.76. The third kappa shape index (κ3) is 3.80. The number of hydrogen-bond donors (Lipinski definition) is 1. The maximum absolute atomic E-state index is 5.76. The third-order valence-electron chi connectivity index (χ3n) is 2.92. The van der Waals surface area contributed by atoms with Gasteiger partial charge in [0.2, 0.25) is 0 Å². The Balaban J connectivity index is 2.04. The first-order chi connectivity index (χ1) is 9.19. The van der Waals surface area contributed by atoms with Crippen molar-refractivity contribution in [3.63, 3.8) is 0 Å². The lowest BCUT2D eigenvalue weighted by Crippen LogP contribution is -2.06. The highest BCUT2D eigenvalue weighted by Gasteiger charge is 2.02. The van der Waals surface area contributed by atoms with E-state index in [1.807, 2.05) is 31.2 Å². The molecule has 2 aromatic rings. The molecule has 19 heavy (non-hydrogen) atoms. The van der Waals surface area contributed by atoms with Crippen LogP contribution >= 0.6 is 0 Å². The summed E-state index contributed by atoms with van der Waals surface area (Å²) in [5.41, 5.74) is 7.96. The molecule has 2 rings (SSSR count). The van der Waals surface area contributed by atoms with E-state index in [1.165, 1.54) is 5.56 Å². The van der Waals surface area contributed by atoms with Crippen LogP contribution in [0.1, 0.15) is 37.6 Å². The van der Waals surface area contributed by atoms with E-state index < -0.39 is 0 Å². The van der Waals surface area contributed by atoms with Crippen LogP contribution in [0.25, 0.3) is 0 Å². The molecular weight excluding hydrogens is 236 g/mol. The van der Waals surface area contributed by atoms with E-state index in [0.717, 1.165) is 30.0 Å². The van der Waals surface area contributed by atoms with Crippen molar-refractivity contribution in [3.8, 4) is 11.5 Å². The van der Waals surface area contributed by atoms with E-state index in [0.29, 0.717) is 0 Å². The first-order valence-corrected chi connectivity index (χ1v) is 6.67. The minimum Gasteiger partial charge on any atom is -0.456 e. The topological polar surface area (TPSA) is 48.1 Å². The van der Waals surface area contributed by atoms with Crippen molar-refractivity contribution >= 4 is 0 Å². The number of ether oxygens (including phenoxy) is 1. The number of rotatable bonds is 5. The lowest BCUT2D eigenvalue weighted by Gasteiger charge is -2.08. The van der Waals surface area contributed by atoms with Crippen molar-refractivity contribution in [2.45, 2.75) is 32.7 Å². The Morgan fingerprint density at radius 2 is 1.79 bits per heavy atom. The van der Waals surface area contributed by atoms with Crippen molar-refractivity contribution < 1.29 is 4.74 Å². The fourth-order valence-electron chi connectivity index (χ4n) is 1.87. The highest BCUT2D eigenvalue weighted by molar-refractivity contribution is 5.32. The van der Waals surface area contributed by atoms with Crippen LogP contribution in [0.2, 0.25) is 0 Å². The molecule has 0 aliphatic heterocycles. The Morgan fingerprint density at radius 3 is 2.32 bits per heavy atom. The van der Waals surface area contributed by atoms with Gasteiger partial charge >= 0.3 is 0 Å². The second-order valence-electron chi connectivity index (χ2n) is 4.70. The average molecular weight is 256 g/mol. The molecule has 1 aromatic heterocycles. The molecule has 0 amide bonds. The molecule has 0 saturated carbocycles. The Morgan fingerprint density at radius 1 is 1.11 bits per heavy atom. The highest BCUT2D eigenvalue weighted by Crippen LogP contribution is 2.22. The van der Waals surface area contributed by atoms with Gasteiger partial charge in [-0.3, -0.25) is 4.98 Å². The zero-order valence-corrected chi connectivity index (χ0v) is 11.5. The van der Waals surface area contributed by atoms with E-state index in [2.05, 4.69) is 24.0 Å². The van der Waals surface area contributed by atoms with Gasteiger partial charge in [-0.1, -0.05) is 25.5 Å². The van der Waals surface area contributed by atoms with Crippen LogP contribution in [0.5, 0.6) is 11.5 Å². The highest BCUT2D eigenvalue weighted by atomic mass is 16.5. The van der Waals surface area contributed by atoms with Gasteiger partial charge in [-0.05, 0) is 43.2 Å². The lowest BCUT2D eigenvalue weighted by atomic mass is 10.1. The molecule has 3 nitrogen and oxygen atoms in total. The lowest BCUT2D eigenvalue weighted by molar-refractivity contribution is 0.479. The molecule has 0 aliphatic carbocycles. The largest absolute Gasteiger partial charge is 0.456 e. The zero-order valence-electron chi connectivity index (χ0n) is 11.5. The fraction of sp³-hybridized carbons (Fsp3) is 0.312. The Kier molecular flexibility index (Phi) is 4.53. The molecule has 1 aromatic carbocycles. The van der Waals surface area contributed by atoms with Crippen LogP contribution in [0, 0.1) is 0 Å². The van der Waals surface area contributed by atoms with Gasteiger partial charge < -0.3 is 10.5 Å². The van der Waals surface area contributed by atoms with Gasteiger partial charge in [0.15, 0.2) is 0 Å². The summed E-state index contributed by atoms with van der Waals surface area (Å²) in [7, 11) is 0. The molecule has 0 aliphatic rings. The molecule has 0 fully saturated rings. The molecule has 0 bridgehead atoms. The standard InChI is InChI=1S/C16H20N2O/c1-3-4-13-5-7-14(8-6-13)19-15-9-10-16(12(2)17)18-11-15/h5-12H,3-4,17H2,1-2H3. The molecule has 3 heteroatoms. The first kappa shape index (κ1) is 13.6. The van der Waals surface area contributed by atoms with Crippen LogP contribution in [0.4, 0.5) is 0 Å². The number of nitrogens with zero attached hydrogens (tertiary/aromatic N) is 1. The number of aromatic nitrogens is 1. The van der Waals surface area contributed by atoms with E-state index in [4.69, 9.17) is 10.5 Å². The summed E-state index contributed by atoms with van der Waals surface area (Å²) in [6.07, 6.45) is 3.96. The zero-order chi connectivity index (χ0) is 13.7. The molecule has 1 heterocycles. The summed E-state index contributed by atoms with van der Waals surface area (Å²) < 4.78 is 5.74. The fourth-order valence-corrected chi connectivity index (χ4v) is 1.87. The number of aryl methyl sites for hydroxylation is 1. The van der Waals surface area contributed by atoms with E-state index >= 15 is 0 Å². The van der Waals surface area contributed by atoms with Crippen molar-refractivity contribution in [2.24, 2.45) is 5.73 Å². The van der Waals surface area contributed by atoms with Crippen LogP contribution in [0.15, 0.2) is 42.6 Å². The molecule has 0 radical (unpaired) electrons. The molecule has 1 atom stereocenters. The number of hydrogen-bond acceptors (Lipinski definition) is 3. The Labute approximate surface area is 114 Å². The minimum absolute atomic E-state index is 0.0534. The van der Waals surface area contributed by atoms with Crippen molar-refractivity contribution in [1.29, 1.82) is 0 Å². The minimum atomic E-state index is -0.0534. The van der Waals surface area contributed by atoms with Crippen molar-refractivity contribution in [1.82, 2.24) is 4.98 Å². The van der Waals surface area contributed by atoms with Gasteiger partial charge in [-0.15, -0.1) is 0 Å². The summed E-state index contributed by atoms with van der Waals surface area (Å²) in [5, 5.41) is 0. The van der Waals surface area contributed by atoms with Gasteiger partial charge in [0.25, 0.3) is 0 Å². The van der Waals surface area contributed by atoms with Crippen molar-refractivity contribution in [3.05, 3.63) is 53.9 Å². The smallest absolute Gasteiger partial charge is 0.145 e. The quantitative estimate of drug-likeness (QED) is 0.884. The number of pyridine rings is 1. The SMILES string of the molecule is CCCc1ccc(Oc2ccc(C(C)N)nc2)cc1. The molecule has 1 unspecified atom stereocenters. The molecule has 0 saturated heterocycles. The summed E-state index contributed by atoms with van der Waals surface area (Å²) in [6, 6.07) is 11.9. The van der Waals surface area contributed by atoms with Gasteiger partial charge in [0, 0.05) is 6.04 Å². The van der Waals surface area contributed by atoms with Gasteiger partial charge in [0.1, 0.15) is 11.5 Å². The first-order valence-electron chi connectivity index (χ1n) is 6.67. The second-order valence-corrected chi connectivity index (χ2v) is 4.70. The van der Waals surface area contributed by atoms with Gasteiger partial charge in [-0.2, -0.15) is 0 Å². The monoisotopic (exact) mass is 256 g/mol. The summed E-state index contributed by atoms with van der Waals surface area (Å²) in [5.74, 6) is 1.56. The van der Waals surface area contributed by atoms with E-state index in [-0.39, 0.29) is 6.04 Å². The molecule has 2 N–H and O–H groups in total. The molecule has 100 valence electrons. The Hall–Kier alpha value is -1.87. The summed E-state index contributed by atoms with van der Waals surface area (Å²) in [6.45, 7) is 4.09. The summed E-state index contributed by atoms with van der Waals surface area (Å²) in [4.78, 5) is 4.27. The normalized spacial score (nSPS) is 12.2. The predicted molar refractivity (Wildman–Crippen MR) is 77.4 cm³/mol. The maximum Gasteiger partial charge on any atom is 0.145 e. The van der Waals surface area contributed by atoms with Crippen LogP contribution in [0.3, 0.4) is 0 Å².